The molecule has 8 atom stereocenters. The van der Waals surface area contributed by atoms with Gasteiger partial charge in [0.15, 0.2) is 5.89 Å². The van der Waals surface area contributed by atoms with Crippen molar-refractivity contribution in [2.45, 2.75) is 112 Å². The largest absolute Gasteiger partial charge is 0.457 e. The van der Waals surface area contributed by atoms with E-state index in [9.17, 15) is 14.7 Å². The molecule has 3 heterocycles. The van der Waals surface area contributed by atoms with Crippen LogP contribution in [0.4, 0.5) is 0 Å². The molecule has 7 nitrogen and oxygen atoms in total. The summed E-state index contributed by atoms with van der Waals surface area (Å²) in [5.41, 5.74) is 0.150. The molecule has 1 aromatic heterocycles. The minimum atomic E-state index is -1.14. The number of ether oxygens (including phenoxy) is 2. The molecule has 2 saturated heterocycles. The number of aromatic nitrogens is 1. The van der Waals surface area contributed by atoms with Gasteiger partial charge in [0.2, 0.25) is 0 Å². The zero-order valence-corrected chi connectivity index (χ0v) is 23.5. The lowest BCUT2D eigenvalue weighted by atomic mass is 9.70. The van der Waals surface area contributed by atoms with Crippen LogP contribution in [0.5, 0.6) is 0 Å². The van der Waals surface area contributed by atoms with E-state index in [2.05, 4.69) is 25.8 Å². The number of fused-ring (bicyclic) bond motifs is 1. The third kappa shape index (κ3) is 6.10. The number of aliphatic hydroxyl groups is 1. The van der Waals surface area contributed by atoms with Gasteiger partial charge in [-0.25, -0.2) is 4.98 Å². The second kappa shape index (κ2) is 10.8. The van der Waals surface area contributed by atoms with E-state index < -0.39 is 23.6 Å². The number of rotatable bonds is 2. The number of hydrogen-bond donors (Lipinski definition) is 1. The second-order valence-corrected chi connectivity index (χ2v) is 12.1. The number of Topliss-reactive ketones (excluding diaryl/α,β-unsaturated/α-hetero) is 1. The van der Waals surface area contributed by atoms with E-state index >= 15 is 0 Å². The number of epoxide rings is 1. The lowest BCUT2D eigenvalue weighted by molar-refractivity contribution is -0.155. The Morgan fingerprint density at radius 3 is 2.42 bits per heavy atom. The molecule has 3 rings (SSSR count). The molecule has 2 fully saturated rings. The SMILES string of the molecule is C/C(=C\c1coc(C)n1)[C@H]1OC(=O)C[C@H](O)C(C)(C)C(=O)[C@H](C)[C@@H](C)[C@@H](C)CCC[C@@]2(C)O[C@H]2[C@@H]1C. The van der Waals surface area contributed by atoms with Crippen molar-refractivity contribution in [1.82, 2.24) is 4.98 Å². The van der Waals surface area contributed by atoms with Gasteiger partial charge in [0.05, 0.1) is 29.6 Å². The zero-order chi connectivity index (χ0) is 27.0. The molecule has 0 aliphatic carbocycles. The van der Waals surface area contributed by atoms with Crippen LogP contribution in [0.15, 0.2) is 16.3 Å². The van der Waals surface area contributed by atoms with Crippen molar-refractivity contribution in [3.05, 3.63) is 23.4 Å². The first kappa shape index (κ1) is 28.6. The van der Waals surface area contributed by atoms with E-state index in [4.69, 9.17) is 13.9 Å². The van der Waals surface area contributed by atoms with E-state index in [0.29, 0.717) is 17.5 Å². The molecule has 1 aromatic rings. The average molecular weight is 504 g/mol. The van der Waals surface area contributed by atoms with Crippen LogP contribution in [0.2, 0.25) is 0 Å². The maximum absolute atomic E-state index is 13.4. The Balaban J connectivity index is 1.91. The summed E-state index contributed by atoms with van der Waals surface area (Å²) in [5, 5.41) is 11.0. The van der Waals surface area contributed by atoms with Gasteiger partial charge in [-0.2, -0.15) is 0 Å². The highest BCUT2D eigenvalue weighted by Gasteiger charge is 2.56. The Labute approximate surface area is 216 Å². The fourth-order valence-corrected chi connectivity index (χ4v) is 5.78. The monoisotopic (exact) mass is 503 g/mol. The van der Waals surface area contributed by atoms with Crippen LogP contribution >= 0.6 is 0 Å². The van der Waals surface area contributed by atoms with Crippen LogP contribution in [0.25, 0.3) is 6.08 Å². The molecule has 0 saturated carbocycles. The Morgan fingerprint density at radius 2 is 1.81 bits per heavy atom. The van der Waals surface area contributed by atoms with Crippen LogP contribution in [0.1, 0.15) is 92.7 Å². The second-order valence-electron chi connectivity index (χ2n) is 12.1. The standard InChI is InChI=1S/C29H45NO6/c1-16-11-10-12-29(9)27(36-29)20(5)25(17(2)13-22-15-34-21(6)30-22)35-24(32)14-23(31)28(7,8)26(33)19(4)18(16)3/h13,15-16,18-20,23,25,27,31H,10-12,14H2,1-9H3/b17-13+/t16-,18-,19+,20+,23-,25+,27-,29+/m0/s1. The van der Waals surface area contributed by atoms with Crippen molar-refractivity contribution in [2.75, 3.05) is 0 Å². The quantitative estimate of drug-likeness (QED) is 0.418. The van der Waals surface area contributed by atoms with Gasteiger partial charge in [0.25, 0.3) is 0 Å². The number of ketones is 1. The van der Waals surface area contributed by atoms with Gasteiger partial charge in [-0.1, -0.05) is 54.4 Å². The minimum Gasteiger partial charge on any atom is -0.457 e. The highest BCUT2D eigenvalue weighted by atomic mass is 16.6. The number of cyclic esters (lactones) is 1. The summed E-state index contributed by atoms with van der Waals surface area (Å²) in [6.45, 7) is 17.6. The molecule has 2 aliphatic heterocycles. The highest BCUT2D eigenvalue weighted by Crippen LogP contribution is 2.48. The van der Waals surface area contributed by atoms with Crippen LogP contribution in [0, 0.1) is 36.0 Å². The minimum absolute atomic E-state index is 0.0193. The predicted molar refractivity (Wildman–Crippen MR) is 138 cm³/mol. The maximum Gasteiger partial charge on any atom is 0.309 e. The van der Waals surface area contributed by atoms with Gasteiger partial charge in [-0.15, -0.1) is 0 Å². The van der Waals surface area contributed by atoms with Gasteiger partial charge >= 0.3 is 5.97 Å². The normalized spacial score (nSPS) is 38.8. The van der Waals surface area contributed by atoms with E-state index in [1.165, 1.54) is 0 Å². The fourth-order valence-electron chi connectivity index (χ4n) is 5.78. The van der Waals surface area contributed by atoms with E-state index in [0.717, 1.165) is 24.8 Å². The molecular weight excluding hydrogens is 458 g/mol. The third-order valence-corrected chi connectivity index (χ3v) is 8.88. The van der Waals surface area contributed by atoms with Gasteiger partial charge in [-0.3, -0.25) is 9.59 Å². The molecule has 0 aromatic carbocycles. The lowest BCUT2D eigenvalue weighted by Crippen LogP contribution is -2.44. The number of hydrogen-bond acceptors (Lipinski definition) is 7. The summed E-state index contributed by atoms with van der Waals surface area (Å²) in [6.07, 6.45) is 4.35. The Morgan fingerprint density at radius 1 is 1.14 bits per heavy atom. The number of carbonyl (C=O) groups is 2. The van der Waals surface area contributed by atoms with E-state index in [1.807, 2.05) is 26.8 Å². The molecule has 7 heteroatoms. The zero-order valence-electron chi connectivity index (χ0n) is 23.5. The topological polar surface area (TPSA) is 102 Å². The lowest BCUT2D eigenvalue weighted by Gasteiger charge is -2.35. The summed E-state index contributed by atoms with van der Waals surface area (Å²) in [5.74, 6) is 0.211. The molecule has 0 amide bonds. The van der Waals surface area contributed by atoms with Gasteiger partial charge in [0.1, 0.15) is 23.8 Å². The van der Waals surface area contributed by atoms with Crippen molar-refractivity contribution in [3.63, 3.8) is 0 Å². The van der Waals surface area contributed by atoms with E-state index in [1.54, 1.807) is 27.0 Å². The van der Waals surface area contributed by atoms with Crippen molar-refractivity contribution in [2.24, 2.45) is 29.1 Å². The molecular formula is C29H45NO6. The molecule has 0 bridgehead atoms. The number of oxazole rings is 1. The third-order valence-electron chi connectivity index (χ3n) is 8.88. The Hall–Kier alpha value is -1.99. The molecule has 202 valence electrons. The fraction of sp³-hybridized carbons (Fsp3) is 0.759. The number of aryl methyl sites for hydroxylation is 1. The number of carbonyl (C=O) groups excluding carboxylic acids is 2. The summed E-state index contributed by atoms with van der Waals surface area (Å²) in [7, 11) is 0. The summed E-state index contributed by atoms with van der Waals surface area (Å²) >= 11 is 0. The van der Waals surface area contributed by atoms with Crippen molar-refractivity contribution in [1.29, 1.82) is 0 Å². The number of nitrogens with zero attached hydrogens (tertiary/aromatic N) is 1. The number of esters is 1. The summed E-state index contributed by atoms with van der Waals surface area (Å²) in [6, 6.07) is 0. The molecule has 36 heavy (non-hydrogen) atoms. The van der Waals surface area contributed by atoms with Crippen molar-refractivity contribution < 1.29 is 28.6 Å². The van der Waals surface area contributed by atoms with Crippen molar-refractivity contribution in [3.8, 4) is 0 Å². The Bertz CT molecular complexity index is 980. The van der Waals surface area contributed by atoms with Gasteiger partial charge < -0.3 is 19.0 Å². The number of aliphatic hydroxyl groups excluding tert-OH is 1. The van der Waals surface area contributed by atoms with E-state index in [-0.39, 0.29) is 41.7 Å². The summed E-state index contributed by atoms with van der Waals surface area (Å²) in [4.78, 5) is 30.9. The van der Waals surface area contributed by atoms with Gasteiger partial charge in [0, 0.05) is 18.8 Å². The molecule has 0 unspecified atom stereocenters. The van der Waals surface area contributed by atoms with Crippen LogP contribution in [-0.2, 0) is 19.1 Å². The molecule has 0 radical (unpaired) electrons. The van der Waals surface area contributed by atoms with Crippen LogP contribution in [0.3, 0.4) is 0 Å². The molecule has 0 spiro atoms. The van der Waals surface area contributed by atoms with Crippen LogP contribution in [-0.4, -0.2) is 45.8 Å². The highest BCUT2D eigenvalue weighted by molar-refractivity contribution is 5.87. The van der Waals surface area contributed by atoms with Crippen LogP contribution < -0.4 is 0 Å². The smallest absolute Gasteiger partial charge is 0.309 e. The Kier molecular flexibility index (Phi) is 8.56. The molecule has 1 N–H and O–H groups in total. The van der Waals surface area contributed by atoms with Crippen molar-refractivity contribution >= 4 is 17.8 Å². The first-order valence-corrected chi connectivity index (χ1v) is 13.4. The first-order chi connectivity index (χ1) is 16.7. The summed E-state index contributed by atoms with van der Waals surface area (Å²) < 4.78 is 17.5. The first-order valence-electron chi connectivity index (χ1n) is 13.4. The molecule has 2 aliphatic rings. The maximum atomic E-state index is 13.4. The predicted octanol–water partition coefficient (Wildman–Crippen LogP) is 5.53. The average Bonchev–Trinajstić information content (AvgIpc) is 3.31. The van der Waals surface area contributed by atoms with Gasteiger partial charge in [-0.05, 0) is 43.8 Å².